The van der Waals surface area contributed by atoms with Crippen LogP contribution in [0, 0.1) is 6.92 Å². The molecule has 2 aromatic rings. The highest BCUT2D eigenvalue weighted by Crippen LogP contribution is 2.42. The average molecular weight is 295 g/mol. The second-order valence-electron chi connectivity index (χ2n) is 4.32. The Labute approximate surface area is 118 Å². The zero-order valence-corrected chi connectivity index (χ0v) is 10.9. The Morgan fingerprint density at radius 2 is 1.90 bits per heavy atom. The molecule has 0 saturated carbocycles. The number of nitrogen functional groups attached to an aromatic ring is 1. The summed E-state index contributed by atoms with van der Waals surface area (Å²) in [7, 11) is 0. The lowest BCUT2D eigenvalue weighted by atomic mass is 10.2. The summed E-state index contributed by atoms with van der Waals surface area (Å²) in [6.07, 6.45) is -3.64. The van der Waals surface area contributed by atoms with Gasteiger partial charge in [0.2, 0.25) is 5.95 Å². The fraction of sp³-hybridized carbons (Fsp3) is 0.167. The van der Waals surface area contributed by atoms with Gasteiger partial charge in [-0.15, -0.1) is 8.78 Å². The average Bonchev–Trinajstić information content (AvgIpc) is 2.71. The first kappa shape index (κ1) is 13.3. The van der Waals surface area contributed by atoms with Gasteiger partial charge in [-0.3, -0.25) is 5.43 Å². The molecule has 110 valence electrons. The van der Waals surface area contributed by atoms with E-state index in [9.17, 15) is 8.78 Å². The van der Waals surface area contributed by atoms with Gasteiger partial charge in [-0.2, -0.15) is 4.98 Å². The van der Waals surface area contributed by atoms with E-state index >= 15 is 0 Å². The molecule has 0 radical (unpaired) electrons. The molecule has 4 N–H and O–H groups in total. The summed E-state index contributed by atoms with van der Waals surface area (Å²) in [5.41, 5.74) is 3.54. The van der Waals surface area contributed by atoms with Gasteiger partial charge in [0.15, 0.2) is 11.5 Å². The number of hydrogen-bond donors (Lipinski definition) is 3. The summed E-state index contributed by atoms with van der Waals surface area (Å²) in [6, 6.07) is 6.02. The number of alkyl halides is 2. The third-order valence-corrected chi connectivity index (χ3v) is 2.66. The summed E-state index contributed by atoms with van der Waals surface area (Å²) < 4.78 is 34.6. The summed E-state index contributed by atoms with van der Waals surface area (Å²) in [5.74, 6) is 5.89. The first-order chi connectivity index (χ1) is 9.95. The highest BCUT2D eigenvalue weighted by molar-refractivity contribution is 5.62. The number of nitrogens with zero attached hydrogens (tertiary/aromatic N) is 2. The smallest absolute Gasteiger partial charge is 0.395 e. The monoisotopic (exact) mass is 295 g/mol. The molecule has 0 saturated heterocycles. The van der Waals surface area contributed by atoms with Gasteiger partial charge in [0.1, 0.15) is 5.82 Å². The summed E-state index contributed by atoms with van der Waals surface area (Å²) in [6.45, 7) is 1.77. The van der Waals surface area contributed by atoms with Gasteiger partial charge in [-0.25, -0.2) is 10.8 Å². The molecule has 0 spiro atoms. The molecule has 0 unspecified atom stereocenters. The maximum atomic E-state index is 12.9. The number of halogens is 2. The molecule has 2 heterocycles. The number of rotatable bonds is 3. The molecule has 1 aromatic carbocycles. The van der Waals surface area contributed by atoms with Gasteiger partial charge < -0.3 is 14.8 Å². The third kappa shape index (κ3) is 2.77. The molecule has 1 aromatic heterocycles. The minimum atomic E-state index is -3.64. The molecule has 1 aliphatic heterocycles. The molecular weight excluding hydrogens is 284 g/mol. The van der Waals surface area contributed by atoms with Crippen LogP contribution in [0.3, 0.4) is 0 Å². The van der Waals surface area contributed by atoms with Crippen molar-refractivity contribution in [3.63, 3.8) is 0 Å². The van der Waals surface area contributed by atoms with Crippen LogP contribution in [0.15, 0.2) is 24.3 Å². The SMILES string of the molecule is Cc1cc(Nc2ccc3c(c2)OC(F)(F)O3)nc(NN)n1. The van der Waals surface area contributed by atoms with E-state index in [1.165, 1.54) is 12.1 Å². The molecule has 7 nitrogen and oxygen atoms in total. The molecule has 0 bridgehead atoms. The van der Waals surface area contributed by atoms with Crippen molar-refractivity contribution >= 4 is 17.5 Å². The largest absolute Gasteiger partial charge is 0.586 e. The van der Waals surface area contributed by atoms with Gasteiger partial charge in [-0.1, -0.05) is 0 Å². The second kappa shape index (κ2) is 4.70. The Hall–Kier alpha value is -2.68. The quantitative estimate of drug-likeness (QED) is 0.590. The molecular formula is C12H11F2N5O2. The van der Waals surface area contributed by atoms with Crippen molar-refractivity contribution in [1.82, 2.24) is 9.97 Å². The van der Waals surface area contributed by atoms with Crippen LogP contribution in [-0.2, 0) is 0 Å². The number of ether oxygens (including phenoxy) is 2. The Morgan fingerprint density at radius 3 is 2.67 bits per heavy atom. The van der Waals surface area contributed by atoms with Crippen molar-refractivity contribution in [3.05, 3.63) is 30.0 Å². The van der Waals surface area contributed by atoms with E-state index in [0.717, 1.165) is 0 Å². The van der Waals surface area contributed by atoms with E-state index in [1.807, 2.05) is 0 Å². The topological polar surface area (TPSA) is 94.3 Å². The van der Waals surface area contributed by atoms with Gasteiger partial charge in [0, 0.05) is 23.5 Å². The first-order valence-corrected chi connectivity index (χ1v) is 5.94. The predicted molar refractivity (Wildman–Crippen MR) is 70.5 cm³/mol. The van der Waals surface area contributed by atoms with Crippen LogP contribution in [0.2, 0.25) is 0 Å². The number of hydrazine groups is 1. The Bertz CT molecular complexity index is 695. The van der Waals surface area contributed by atoms with Gasteiger partial charge in [0.05, 0.1) is 0 Å². The lowest BCUT2D eigenvalue weighted by molar-refractivity contribution is -0.286. The standard InChI is InChI=1S/C12H11F2N5O2/c1-6-4-10(18-11(16-6)19-15)17-7-2-3-8-9(5-7)21-12(13,14)20-8/h2-5H,15H2,1H3,(H2,16,17,18,19). The van der Waals surface area contributed by atoms with Crippen LogP contribution in [0.5, 0.6) is 11.5 Å². The minimum Gasteiger partial charge on any atom is -0.395 e. The van der Waals surface area contributed by atoms with E-state index in [0.29, 0.717) is 17.2 Å². The van der Waals surface area contributed by atoms with Gasteiger partial charge in [0.25, 0.3) is 0 Å². The number of nitrogens with two attached hydrogens (primary N) is 1. The fourth-order valence-corrected chi connectivity index (χ4v) is 1.87. The van der Waals surface area contributed by atoms with E-state index in [4.69, 9.17) is 5.84 Å². The zero-order chi connectivity index (χ0) is 15.0. The Balaban J connectivity index is 1.85. The van der Waals surface area contributed by atoms with Crippen molar-refractivity contribution in [2.75, 3.05) is 10.7 Å². The number of aromatic nitrogens is 2. The second-order valence-corrected chi connectivity index (χ2v) is 4.32. The number of aryl methyl sites for hydroxylation is 1. The zero-order valence-electron chi connectivity index (χ0n) is 10.9. The Kier molecular flexibility index (Phi) is 2.98. The molecule has 0 fully saturated rings. The maximum absolute atomic E-state index is 12.9. The lowest BCUT2D eigenvalue weighted by Gasteiger charge is -2.08. The van der Waals surface area contributed by atoms with Crippen LogP contribution in [0.1, 0.15) is 5.69 Å². The number of fused-ring (bicyclic) bond motifs is 1. The number of hydrogen-bond acceptors (Lipinski definition) is 7. The predicted octanol–water partition coefficient (Wildman–Crippen LogP) is 2.14. The fourth-order valence-electron chi connectivity index (χ4n) is 1.87. The Morgan fingerprint density at radius 1 is 1.14 bits per heavy atom. The van der Waals surface area contributed by atoms with Crippen molar-refractivity contribution < 1.29 is 18.3 Å². The maximum Gasteiger partial charge on any atom is 0.586 e. The molecule has 0 atom stereocenters. The lowest BCUT2D eigenvalue weighted by Crippen LogP contribution is -2.25. The van der Waals surface area contributed by atoms with Crippen LogP contribution in [0.25, 0.3) is 0 Å². The van der Waals surface area contributed by atoms with E-state index in [-0.39, 0.29) is 17.4 Å². The molecule has 0 amide bonds. The van der Waals surface area contributed by atoms with Crippen molar-refractivity contribution in [1.29, 1.82) is 0 Å². The van der Waals surface area contributed by atoms with Crippen molar-refractivity contribution in [2.24, 2.45) is 5.84 Å². The number of anilines is 3. The molecule has 1 aliphatic rings. The van der Waals surface area contributed by atoms with Crippen LogP contribution in [-0.4, -0.2) is 16.3 Å². The summed E-state index contributed by atoms with van der Waals surface area (Å²) in [4.78, 5) is 8.13. The van der Waals surface area contributed by atoms with Crippen molar-refractivity contribution in [3.8, 4) is 11.5 Å². The molecule has 0 aliphatic carbocycles. The summed E-state index contributed by atoms with van der Waals surface area (Å²) in [5, 5.41) is 2.95. The van der Waals surface area contributed by atoms with E-state index < -0.39 is 6.29 Å². The van der Waals surface area contributed by atoms with E-state index in [1.54, 1.807) is 19.1 Å². The number of nitrogens with one attached hydrogen (secondary N) is 2. The third-order valence-electron chi connectivity index (χ3n) is 2.66. The summed E-state index contributed by atoms with van der Waals surface area (Å²) >= 11 is 0. The van der Waals surface area contributed by atoms with Gasteiger partial charge >= 0.3 is 6.29 Å². The van der Waals surface area contributed by atoms with Crippen LogP contribution < -0.4 is 26.1 Å². The minimum absolute atomic E-state index is 0.0197. The van der Waals surface area contributed by atoms with Crippen LogP contribution in [0.4, 0.5) is 26.2 Å². The first-order valence-electron chi connectivity index (χ1n) is 5.94. The van der Waals surface area contributed by atoms with Crippen molar-refractivity contribution in [2.45, 2.75) is 13.2 Å². The number of benzene rings is 1. The highest BCUT2D eigenvalue weighted by Gasteiger charge is 2.43. The highest BCUT2D eigenvalue weighted by atomic mass is 19.3. The van der Waals surface area contributed by atoms with Gasteiger partial charge in [-0.05, 0) is 19.1 Å². The van der Waals surface area contributed by atoms with Crippen LogP contribution >= 0.6 is 0 Å². The molecule has 3 rings (SSSR count). The molecule has 9 heteroatoms. The van der Waals surface area contributed by atoms with E-state index in [2.05, 4.69) is 30.2 Å². The normalized spacial score (nSPS) is 14.9. The molecule has 21 heavy (non-hydrogen) atoms.